The minimum absolute atomic E-state index is 0.0560. The lowest BCUT2D eigenvalue weighted by molar-refractivity contribution is 0.0945. The van der Waals surface area contributed by atoms with Gasteiger partial charge in [0.15, 0.2) is 11.6 Å². The Kier molecular flexibility index (Phi) is 4.54. The maximum absolute atomic E-state index is 13.6. The van der Waals surface area contributed by atoms with Crippen molar-refractivity contribution in [2.45, 2.75) is 19.4 Å². The van der Waals surface area contributed by atoms with E-state index in [4.69, 9.17) is 0 Å². The number of carbonyl (C=O) groups excluding carboxylic acids is 1. The molecule has 1 amide bonds. The van der Waals surface area contributed by atoms with Crippen LogP contribution in [-0.4, -0.2) is 29.0 Å². The van der Waals surface area contributed by atoms with Gasteiger partial charge in [0.05, 0.1) is 17.8 Å². The molecular formula is C16H16F2N4O2. The molecule has 1 aromatic carbocycles. The van der Waals surface area contributed by atoms with Crippen LogP contribution < -0.4 is 15.8 Å². The van der Waals surface area contributed by atoms with Crippen LogP contribution in [0.4, 0.5) is 14.7 Å². The van der Waals surface area contributed by atoms with Gasteiger partial charge in [-0.15, -0.1) is 0 Å². The second kappa shape index (κ2) is 6.77. The summed E-state index contributed by atoms with van der Waals surface area (Å²) in [6.45, 7) is 1.57. The average molecular weight is 334 g/mol. The summed E-state index contributed by atoms with van der Waals surface area (Å²) in [5, 5.41) is 2.45. The number of anilines is 1. The number of hydrogen-bond acceptors (Lipinski definition) is 4. The van der Waals surface area contributed by atoms with Gasteiger partial charge in [-0.05, 0) is 25.0 Å². The molecule has 1 aromatic heterocycles. The summed E-state index contributed by atoms with van der Waals surface area (Å²) in [6, 6.07) is 4.65. The van der Waals surface area contributed by atoms with Gasteiger partial charge >= 0.3 is 0 Å². The summed E-state index contributed by atoms with van der Waals surface area (Å²) >= 11 is 0. The monoisotopic (exact) mass is 334 g/mol. The van der Waals surface area contributed by atoms with Crippen LogP contribution >= 0.6 is 0 Å². The van der Waals surface area contributed by atoms with Crippen molar-refractivity contribution in [3.05, 3.63) is 57.5 Å². The van der Waals surface area contributed by atoms with Crippen molar-refractivity contribution < 1.29 is 13.6 Å². The summed E-state index contributed by atoms with van der Waals surface area (Å²) < 4.78 is 26.8. The Balaban J connectivity index is 1.73. The van der Waals surface area contributed by atoms with E-state index in [0.717, 1.165) is 32.0 Å². The smallest absolute Gasteiger partial charge is 0.254 e. The van der Waals surface area contributed by atoms with E-state index in [9.17, 15) is 18.4 Å². The Bertz CT molecular complexity index is 816. The number of aromatic amines is 1. The number of H-pyrrole nitrogens is 1. The lowest BCUT2D eigenvalue weighted by atomic mass is 10.2. The van der Waals surface area contributed by atoms with Gasteiger partial charge in [-0.1, -0.05) is 6.07 Å². The Hall–Kier alpha value is -2.77. The molecule has 2 heterocycles. The zero-order chi connectivity index (χ0) is 17.1. The SMILES string of the molecule is O=C(NCc1cc(=O)[nH]c(N2CCCC2)n1)c1cccc(F)c1F. The maximum atomic E-state index is 13.6. The first-order valence-corrected chi connectivity index (χ1v) is 7.62. The number of rotatable bonds is 4. The molecule has 1 aliphatic heterocycles. The van der Waals surface area contributed by atoms with E-state index in [2.05, 4.69) is 15.3 Å². The average Bonchev–Trinajstić information content (AvgIpc) is 3.09. The first kappa shape index (κ1) is 16.1. The van der Waals surface area contributed by atoms with E-state index in [0.29, 0.717) is 11.6 Å². The minimum atomic E-state index is -1.20. The number of amides is 1. The highest BCUT2D eigenvalue weighted by molar-refractivity contribution is 5.94. The van der Waals surface area contributed by atoms with E-state index in [1.54, 1.807) is 0 Å². The number of hydrogen-bond donors (Lipinski definition) is 2. The molecule has 6 nitrogen and oxygen atoms in total. The van der Waals surface area contributed by atoms with Crippen LogP contribution in [0.25, 0.3) is 0 Å². The molecule has 0 atom stereocenters. The van der Waals surface area contributed by atoms with Gasteiger partial charge in [-0.3, -0.25) is 14.6 Å². The Morgan fingerprint density at radius 3 is 2.79 bits per heavy atom. The number of carbonyl (C=O) groups is 1. The van der Waals surface area contributed by atoms with Crippen molar-refractivity contribution in [3.8, 4) is 0 Å². The van der Waals surface area contributed by atoms with E-state index in [1.165, 1.54) is 18.2 Å². The van der Waals surface area contributed by atoms with Crippen LogP contribution in [0.3, 0.4) is 0 Å². The van der Waals surface area contributed by atoms with Gasteiger partial charge in [0.2, 0.25) is 5.95 Å². The van der Waals surface area contributed by atoms with Crippen LogP contribution in [0, 0.1) is 11.6 Å². The zero-order valence-electron chi connectivity index (χ0n) is 12.8. The molecule has 0 spiro atoms. The molecule has 0 aliphatic carbocycles. The van der Waals surface area contributed by atoms with E-state index >= 15 is 0 Å². The second-order valence-electron chi connectivity index (χ2n) is 5.54. The molecule has 3 rings (SSSR count). The van der Waals surface area contributed by atoms with Crippen molar-refractivity contribution in [1.82, 2.24) is 15.3 Å². The molecule has 0 radical (unpaired) electrons. The number of nitrogens with one attached hydrogen (secondary N) is 2. The summed E-state index contributed by atoms with van der Waals surface area (Å²) in [5.74, 6) is -2.60. The predicted molar refractivity (Wildman–Crippen MR) is 83.8 cm³/mol. The molecule has 1 saturated heterocycles. The quantitative estimate of drug-likeness (QED) is 0.890. The van der Waals surface area contributed by atoms with Gasteiger partial charge in [-0.2, -0.15) is 0 Å². The van der Waals surface area contributed by atoms with E-state index in [-0.39, 0.29) is 17.7 Å². The van der Waals surface area contributed by atoms with Crippen molar-refractivity contribution in [2.24, 2.45) is 0 Å². The number of nitrogens with zero attached hydrogens (tertiary/aromatic N) is 2. The Morgan fingerprint density at radius 2 is 2.04 bits per heavy atom. The molecule has 0 unspecified atom stereocenters. The lowest BCUT2D eigenvalue weighted by Gasteiger charge is -2.16. The molecule has 2 N–H and O–H groups in total. The van der Waals surface area contributed by atoms with Gasteiger partial charge in [0.1, 0.15) is 0 Å². The largest absolute Gasteiger partial charge is 0.346 e. The number of halogens is 2. The normalized spacial score (nSPS) is 14.0. The molecule has 0 bridgehead atoms. The van der Waals surface area contributed by atoms with Crippen LogP contribution in [0.1, 0.15) is 28.9 Å². The molecule has 126 valence electrons. The highest BCUT2D eigenvalue weighted by Crippen LogP contribution is 2.14. The summed E-state index contributed by atoms with van der Waals surface area (Å²) in [6.07, 6.45) is 2.06. The summed E-state index contributed by atoms with van der Waals surface area (Å²) in [7, 11) is 0. The van der Waals surface area contributed by atoms with Crippen molar-refractivity contribution in [1.29, 1.82) is 0 Å². The molecule has 1 aliphatic rings. The molecule has 24 heavy (non-hydrogen) atoms. The molecule has 0 saturated carbocycles. The summed E-state index contributed by atoms with van der Waals surface area (Å²) in [5.41, 5.74) is -0.362. The van der Waals surface area contributed by atoms with E-state index in [1.807, 2.05) is 4.90 Å². The number of aromatic nitrogens is 2. The fourth-order valence-electron chi connectivity index (χ4n) is 2.61. The van der Waals surface area contributed by atoms with Gasteiger partial charge in [-0.25, -0.2) is 13.8 Å². The summed E-state index contributed by atoms with van der Waals surface area (Å²) in [4.78, 5) is 32.6. The lowest BCUT2D eigenvalue weighted by Crippen LogP contribution is -2.28. The maximum Gasteiger partial charge on any atom is 0.254 e. The van der Waals surface area contributed by atoms with Crippen LogP contribution in [0.2, 0.25) is 0 Å². The highest BCUT2D eigenvalue weighted by Gasteiger charge is 2.17. The Morgan fingerprint density at radius 1 is 1.29 bits per heavy atom. The molecule has 1 fully saturated rings. The fraction of sp³-hybridized carbons (Fsp3) is 0.312. The standard InChI is InChI=1S/C16H16F2N4O2/c17-12-5-3-4-11(14(12)18)15(24)19-9-10-8-13(23)21-16(20-10)22-6-1-2-7-22/h3-5,8H,1-2,6-7,9H2,(H,19,24)(H,20,21,23). The number of benzene rings is 1. The first-order valence-electron chi connectivity index (χ1n) is 7.62. The van der Waals surface area contributed by atoms with Gasteiger partial charge in [0, 0.05) is 19.2 Å². The van der Waals surface area contributed by atoms with E-state index < -0.39 is 17.5 Å². The fourth-order valence-corrected chi connectivity index (χ4v) is 2.61. The first-order chi connectivity index (χ1) is 11.5. The molecular weight excluding hydrogens is 318 g/mol. The van der Waals surface area contributed by atoms with Crippen LogP contribution in [0.5, 0.6) is 0 Å². The minimum Gasteiger partial charge on any atom is -0.346 e. The topological polar surface area (TPSA) is 78.1 Å². The highest BCUT2D eigenvalue weighted by atomic mass is 19.2. The van der Waals surface area contributed by atoms with Crippen molar-refractivity contribution in [2.75, 3.05) is 18.0 Å². The second-order valence-corrected chi connectivity index (χ2v) is 5.54. The van der Waals surface area contributed by atoms with Crippen LogP contribution in [-0.2, 0) is 6.54 Å². The van der Waals surface area contributed by atoms with Gasteiger partial charge < -0.3 is 10.2 Å². The molecule has 2 aromatic rings. The van der Waals surface area contributed by atoms with Gasteiger partial charge in [0.25, 0.3) is 11.5 Å². The van der Waals surface area contributed by atoms with Crippen LogP contribution in [0.15, 0.2) is 29.1 Å². The third-order valence-corrected chi connectivity index (χ3v) is 3.81. The third kappa shape index (κ3) is 3.42. The third-order valence-electron chi connectivity index (χ3n) is 3.81. The van der Waals surface area contributed by atoms with Crippen molar-refractivity contribution in [3.63, 3.8) is 0 Å². The zero-order valence-corrected chi connectivity index (χ0v) is 12.8. The molecule has 8 heteroatoms. The predicted octanol–water partition coefficient (Wildman–Crippen LogP) is 1.58. The Labute approximate surface area is 136 Å². The van der Waals surface area contributed by atoms with Crippen molar-refractivity contribution >= 4 is 11.9 Å².